The van der Waals surface area contributed by atoms with Crippen LogP contribution < -0.4 is 5.56 Å². The Bertz CT molecular complexity index is 994. The van der Waals surface area contributed by atoms with Crippen LogP contribution in [0.2, 0.25) is 0 Å². The molecule has 1 atom stereocenters. The lowest BCUT2D eigenvalue weighted by atomic mass is 10.1. The molecule has 0 aliphatic carbocycles. The van der Waals surface area contributed by atoms with Gasteiger partial charge in [0.05, 0.1) is 35.8 Å². The minimum Gasteiger partial charge on any atom is -0.448 e. The first-order valence-electron chi connectivity index (χ1n) is 9.30. The van der Waals surface area contributed by atoms with Crippen LogP contribution in [0.5, 0.6) is 0 Å². The van der Waals surface area contributed by atoms with Gasteiger partial charge in [-0.15, -0.1) is 0 Å². The molecule has 7 heteroatoms. The molecule has 1 aromatic carbocycles. The second-order valence-corrected chi connectivity index (χ2v) is 6.92. The zero-order chi connectivity index (χ0) is 18.8. The number of hydrogen-bond donors (Lipinski definition) is 0. The summed E-state index contributed by atoms with van der Waals surface area (Å²) in [5, 5.41) is 0.647. The number of fused-ring (bicyclic) bond motifs is 1. The van der Waals surface area contributed by atoms with Gasteiger partial charge in [0.2, 0.25) is 0 Å². The summed E-state index contributed by atoms with van der Waals surface area (Å²) in [6, 6.07) is 7.62. The third-order valence-corrected chi connectivity index (χ3v) is 5.27. The highest BCUT2D eigenvalue weighted by Gasteiger charge is 2.31. The number of para-hydroxylation sites is 1. The molecule has 1 unspecified atom stereocenters. The summed E-state index contributed by atoms with van der Waals surface area (Å²) < 4.78 is 12.4. The predicted octanol–water partition coefficient (Wildman–Crippen LogP) is 2.68. The van der Waals surface area contributed by atoms with Crippen molar-refractivity contribution in [3.63, 3.8) is 0 Å². The first-order valence-corrected chi connectivity index (χ1v) is 9.30. The van der Waals surface area contributed by atoms with Crippen molar-refractivity contribution in [2.45, 2.75) is 38.9 Å². The number of oxazole rings is 1. The standard InChI is InChI=1S/C20H24N4O3/c1-14-17(21-13-27-14)12-23-9-5-8-18(23)19-22-16-7-4-3-6-15(16)20(25)24(19)10-11-26-2/h3-4,6-7,13,18H,5,8-12H2,1-2H3. The average molecular weight is 368 g/mol. The molecule has 0 amide bonds. The van der Waals surface area contributed by atoms with Crippen molar-refractivity contribution in [2.24, 2.45) is 0 Å². The van der Waals surface area contributed by atoms with Crippen LogP contribution in [0.1, 0.15) is 36.2 Å². The first-order chi connectivity index (χ1) is 13.2. The van der Waals surface area contributed by atoms with E-state index in [1.54, 1.807) is 11.7 Å². The molecule has 0 N–H and O–H groups in total. The lowest BCUT2D eigenvalue weighted by Crippen LogP contribution is -2.33. The average Bonchev–Trinajstić information content (AvgIpc) is 3.30. The summed E-state index contributed by atoms with van der Waals surface area (Å²) in [7, 11) is 1.65. The minimum atomic E-state index is -0.00267. The van der Waals surface area contributed by atoms with Gasteiger partial charge >= 0.3 is 0 Å². The van der Waals surface area contributed by atoms with Crippen LogP contribution in [0.15, 0.2) is 39.9 Å². The third kappa shape index (κ3) is 3.40. The van der Waals surface area contributed by atoms with Gasteiger partial charge in [0.25, 0.3) is 5.56 Å². The SMILES string of the molecule is COCCn1c(C2CCCN2Cc2ncoc2C)nc2ccccc2c1=O. The lowest BCUT2D eigenvalue weighted by Gasteiger charge is -2.26. The molecule has 1 fully saturated rings. The van der Waals surface area contributed by atoms with Gasteiger partial charge in [-0.25, -0.2) is 9.97 Å². The van der Waals surface area contributed by atoms with Crippen molar-refractivity contribution in [1.82, 2.24) is 19.4 Å². The maximum Gasteiger partial charge on any atom is 0.261 e. The van der Waals surface area contributed by atoms with E-state index in [4.69, 9.17) is 14.1 Å². The van der Waals surface area contributed by atoms with Crippen LogP contribution in [0.4, 0.5) is 0 Å². The fourth-order valence-electron chi connectivity index (χ4n) is 3.82. The van der Waals surface area contributed by atoms with E-state index in [-0.39, 0.29) is 11.6 Å². The summed E-state index contributed by atoms with van der Waals surface area (Å²) in [4.78, 5) is 24.7. The maximum absolute atomic E-state index is 13.1. The molecule has 2 aromatic heterocycles. The van der Waals surface area contributed by atoms with Gasteiger partial charge in [-0.3, -0.25) is 14.3 Å². The fraction of sp³-hybridized carbons (Fsp3) is 0.450. The van der Waals surface area contributed by atoms with Crippen molar-refractivity contribution in [3.8, 4) is 0 Å². The van der Waals surface area contributed by atoms with Crippen LogP contribution in [0.3, 0.4) is 0 Å². The van der Waals surface area contributed by atoms with E-state index in [1.807, 2.05) is 31.2 Å². The molecule has 3 aromatic rings. The molecule has 0 bridgehead atoms. The highest BCUT2D eigenvalue weighted by molar-refractivity contribution is 5.77. The Morgan fingerprint density at radius 1 is 1.33 bits per heavy atom. The Labute approximate surface area is 157 Å². The number of hydrogen-bond acceptors (Lipinski definition) is 6. The zero-order valence-electron chi connectivity index (χ0n) is 15.7. The van der Waals surface area contributed by atoms with E-state index >= 15 is 0 Å². The summed E-state index contributed by atoms with van der Waals surface area (Å²) in [5.41, 5.74) is 1.68. The molecule has 0 radical (unpaired) electrons. The number of rotatable bonds is 6. The molecule has 4 rings (SSSR count). The van der Waals surface area contributed by atoms with Crippen molar-refractivity contribution < 1.29 is 9.15 Å². The topological polar surface area (TPSA) is 73.4 Å². The van der Waals surface area contributed by atoms with E-state index in [1.165, 1.54) is 6.39 Å². The van der Waals surface area contributed by atoms with Crippen LogP contribution in [0.25, 0.3) is 10.9 Å². The number of benzene rings is 1. The number of ether oxygens (including phenoxy) is 1. The van der Waals surface area contributed by atoms with Crippen molar-refractivity contribution in [3.05, 3.63) is 58.3 Å². The van der Waals surface area contributed by atoms with Crippen LogP contribution >= 0.6 is 0 Å². The number of likely N-dealkylation sites (tertiary alicyclic amines) is 1. The molecule has 0 saturated carbocycles. The van der Waals surface area contributed by atoms with Gasteiger partial charge in [-0.1, -0.05) is 12.1 Å². The molecule has 1 aliphatic heterocycles. The highest BCUT2D eigenvalue weighted by atomic mass is 16.5. The summed E-state index contributed by atoms with van der Waals surface area (Å²) in [6.07, 6.45) is 3.52. The number of nitrogens with zero attached hydrogens (tertiary/aromatic N) is 4. The number of aromatic nitrogens is 3. The lowest BCUT2D eigenvalue weighted by molar-refractivity contribution is 0.178. The number of aryl methyl sites for hydroxylation is 1. The van der Waals surface area contributed by atoms with Crippen molar-refractivity contribution >= 4 is 10.9 Å². The third-order valence-electron chi connectivity index (χ3n) is 5.27. The Morgan fingerprint density at radius 2 is 2.19 bits per heavy atom. The summed E-state index contributed by atoms with van der Waals surface area (Å²) in [5.74, 6) is 1.65. The Kier molecular flexibility index (Phi) is 5.05. The van der Waals surface area contributed by atoms with Crippen LogP contribution in [0, 0.1) is 6.92 Å². The van der Waals surface area contributed by atoms with Crippen LogP contribution in [-0.2, 0) is 17.8 Å². The van der Waals surface area contributed by atoms with Gasteiger partial charge in [-0.2, -0.15) is 0 Å². The molecule has 0 spiro atoms. The molecule has 3 heterocycles. The summed E-state index contributed by atoms with van der Waals surface area (Å²) >= 11 is 0. The second-order valence-electron chi connectivity index (χ2n) is 6.92. The largest absolute Gasteiger partial charge is 0.448 e. The molecule has 27 heavy (non-hydrogen) atoms. The summed E-state index contributed by atoms with van der Waals surface area (Å²) in [6.45, 7) is 4.54. The molecule has 7 nitrogen and oxygen atoms in total. The fourth-order valence-corrected chi connectivity index (χ4v) is 3.82. The highest BCUT2D eigenvalue weighted by Crippen LogP contribution is 2.32. The first kappa shape index (κ1) is 17.9. The van der Waals surface area contributed by atoms with Crippen molar-refractivity contribution in [2.75, 3.05) is 20.3 Å². The Hall–Kier alpha value is -2.51. The van der Waals surface area contributed by atoms with Crippen LogP contribution in [-0.4, -0.2) is 39.7 Å². The van der Waals surface area contributed by atoms with E-state index in [0.29, 0.717) is 25.1 Å². The molecule has 1 aliphatic rings. The maximum atomic E-state index is 13.1. The molecule has 1 saturated heterocycles. The minimum absolute atomic E-state index is 0.00267. The quantitative estimate of drug-likeness (QED) is 0.666. The smallest absolute Gasteiger partial charge is 0.261 e. The van der Waals surface area contributed by atoms with Gasteiger partial charge in [-0.05, 0) is 38.4 Å². The molecular weight excluding hydrogens is 344 g/mol. The van der Waals surface area contributed by atoms with E-state index in [9.17, 15) is 4.79 Å². The van der Waals surface area contributed by atoms with Gasteiger partial charge in [0.15, 0.2) is 6.39 Å². The van der Waals surface area contributed by atoms with Gasteiger partial charge in [0, 0.05) is 13.7 Å². The zero-order valence-corrected chi connectivity index (χ0v) is 15.7. The molecular formula is C20H24N4O3. The monoisotopic (exact) mass is 368 g/mol. The number of methoxy groups -OCH3 is 1. The van der Waals surface area contributed by atoms with Gasteiger partial charge in [0.1, 0.15) is 11.6 Å². The Morgan fingerprint density at radius 3 is 2.96 bits per heavy atom. The molecule has 142 valence electrons. The van der Waals surface area contributed by atoms with Crippen molar-refractivity contribution in [1.29, 1.82) is 0 Å². The Balaban J connectivity index is 1.76. The van der Waals surface area contributed by atoms with E-state index in [0.717, 1.165) is 42.2 Å². The van der Waals surface area contributed by atoms with Gasteiger partial charge < -0.3 is 9.15 Å². The predicted molar refractivity (Wildman–Crippen MR) is 102 cm³/mol. The van der Waals surface area contributed by atoms with E-state index < -0.39 is 0 Å². The van der Waals surface area contributed by atoms with E-state index in [2.05, 4.69) is 9.88 Å². The second kappa shape index (κ2) is 7.62. The normalized spacial score (nSPS) is 17.8.